The van der Waals surface area contributed by atoms with Gasteiger partial charge in [0, 0.05) is 16.1 Å². The van der Waals surface area contributed by atoms with Gasteiger partial charge in [-0.15, -0.1) is 0 Å². The molecule has 150 valence electrons. The van der Waals surface area contributed by atoms with Crippen molar-refractivity contribution < 1.29 is 9.21 Å². The predicted octanol–water partition coefficient (Wildman–Crippen LogP) is 6.38. The van der Waals surface area contributed by atoms with Crippen LogP contribution in [0.25, 0.3) is 11.3 Å². The summed E-state index contributed by atoms with van der Waals surface area (Å²) in [6.45, 7) is 0.305. The molecule has 5 nitrogen and oxygen atoms in total. The zero-order valence-electron chi connectivity index (χ0n) is 15.4. The highest BCUT2D eigenvalue weighted by Gasteiger charge is 2.42. The number of aromatic amines is 1. The van der Waals surface area contributed by atoms with E-state index in [1.807, 2.05) is 24.3 Å². The molecule has 1 N–H and O–H groups in total. The summed E-state index contributed by atoms with van der Waals surface area (Å²) in [5.41, 5.74) is 3.61. The largest absolute Gasteiger partial charge is 0.467 e. The Labute approximate surface area is 187 Å². The number of furan rings is 1. The van der Waals surface area contributed by atoms with Crippen molar-refractivity contribution in [1.29, 1.82) is 0 Å². The molecule has 5 rings (SSSR count). The van der Waals surface area contributed by atoms with E-state index in [1.54, 1.807) is 41.5 Å². The van der Waals surface area contributed by atoms with Gasteiger partial charge in [-0.05, 0) is 42.0 Å². The van der Waals surface area contributed by atoms with E-state index < -0.39 is 6.04 Å². The summed E-state index contributed by atoms with van der Waals surface area (Å²) in [5, 5.41) is 8.86. The smallest absolute Gasteiger partial charge is 0.273 e. The number of amides is 1. The fourth-order valence-corrected chi connectivity index (χ4v) is 4.22. The first-order valence-corrected chi connectivity index (χ1v) is 10.3. The van der Waals surface area contributed by atoms with E-state index in [9.17, 15) is 4.79 Å². The first kappa shape index (κ1) is 19.2. The number of carbonyl (C=O) groups is 1. The summed E-state index contributed by atoms with van der Waals surface area (Å²) >= 11 is 18.5. The number of hydrogen-bond donors (Lipinski definition) is 1. The Bertz CT molecular complexity index is 1230. The van der Waals surface area contributed by atoms with Crippen molar-refractivity contribution in [2.45, 2.75) is 12.6 Å². The third-order valence-corrected chi connectivity index (χ3v) is 6.14. The first-order chi connectivity index (χ1) is 14.5. The molecule has 0 aliphatic carbocycles. The number of H-pyrrole nitrogens is 1. The van der Waals surface area contributed by atoms with Gasteiger partial charge >= 0.3 is 0 Å². The monoisotopic (exact) mass is 457 g/mol. The SMILES string of the molecule is O=C1c2[nH]nc(-c3ccc(Cl)cc3)c2C(c2ccc(Cl)c(Cl)c2)N1Cc1ccco1. The lowest BCUT2D eigenvalue weighted by Crippen LogP contribution is -2.29. The van der Waals surface area contributed by atoms with Gasteiger partial charge in [-0.25, -0.2) is 0 Å². The summed E-state index contributed by atoms with van der Waals surface area (Å²) < 4.78 is 5.49. The van der Waals surface area contributed by atoms with E-state index >= 15 is 0 Å². The maximum absolute atomic E-state index is 13.3. The third-order valence-electron chi connectivity index (χ3n) is 5.15. The molecule has 0 saturated heterocycles. The maximum atomic E-state index is 13.3. The lowest BCUT2D eigenvalue weighted by Gasteiger charge is -2.26. The Hall–Kier alpha value is -2.73. The van der Waals surface area contributed by atoms with Crippen LogP contribution in [0.1, 0.15) is 33.4 Å². The normalized spacial score (nSPS) is 15.6. The minimum Gasteiger partial charge on any atom is -0.467 e. The highest BCUT2D eigenvalue weighted by atomic mass is 35.5. The van der Waals surface area contributed by atoms with E-state index in [0.29, 0.717) is 38.8 Å². The fourth-order valence-electron chi connectivity index (χ4n) is 3.79. The molecule has 1 atom stereocenters. The van der Waals surface area contributed by atoms with Crippen molar-refractivity contribution >= 4 is 40.7 Å². The molecular formula is C22H14Cl3N3O2. The Morgan fingerprint density at radius 1 is 1.03 bits per heavy atom. The highest BCUT2D eigenvalue weighted by Crippen LogP contribution is 2.44. The number of rotatable bonds is 4. The third kappa shape index (κ3) is 3.19. The molecular weight excluding hydrogens is 445 g/mol. The molecule has 30 heavy (non-hydrogen) atoms. The standard InChI is InChI=1S/C22H14Cl3N3O2/c23-14-6-3-12(4-7-14)19-18-20(27-26-19)22(29)28(11-15-2-1-9-30-15)21(18)13-5-8-16(24)17(25)10-13/h1-10,21H,11H2,(H,26,27). The topological polar surface area (TPSA) is 62.1 Å². The van der Waals surface area contributed by atoms with Crippen LogP contribution in [0.3, 0.4) is 0 Å². The van der Waals surface area contributed by atoms with Crippen molar-refractivity contribution in [2.75, 3.05) is 0 Å². The van der Waals surface area contributed by atoms with Crippen molar-refractivity contribution in [3.63, 3.8) is 0 Å². The Morgan fingerprint density at radius 3 is 2.53 bits per heavy atom. The summed E-state index contributed by atoms with van der Waals surface area (Å²) in [4.78, 5) is 15.0. The summed E-state index contributed by atoms with van der Waals surface area (Å²) in [6.07, 6.45) is 1.59. The van der Waals surface area contributed by atoms with Crippen LogP contribution in [0.5, 0.6) is 0 Å². The molecule has 0 spiro atoms. The fraction of sp³-hybridized carbons (Fsp3) is 0.0909. The Morgan fingerprint density at radius 2 is 1.83 bits per heavy atom. The van der Waals surface area contributed by atoms with Gasteiger partial charge in [-0.3, -0.25) is 9.89 Å². The summed E-state index contributed by atoms with van der Waals surface area (Å²) in [7, 11) is 0. The number of benzene rings is 2. The number of hydrogen-bond acceptors (Lipinski definition) is 3. The molecule has 0 radical (unpaired) electrons. The van der Waals surface area contributed by atoms with Gasteiger partial charge < -0.3 is 9.32 Å². The molecule has 0 bridgehead atoms. The zero-order chi connectivity index (χ0) is 20.8. The molecule has 4 aromatic rings. The van der Waals surface area contributed by atoms with Crippen LogP contribution in [-0.2, 0) is 6.54 Å². The van der Waals surface area contributed by atoms with E-state index in [4.69, 9.17) is 39.2 Å². The van der Waals surface area contributed by atoms with Gasteiger partial charge in [0.2, 0.25) is 0 Å². The molecule has 1 aliphatic heterocycles. The number of fused-ring (bicyclic) bond motifs is 1. The summed E-state index contributed by atoms with van der Waals surface area (Å²) in [5.74, 6) is 0.518. The van der Waals surface area contributed by atoms with Gasteiger partial charge in [0.05, 0.1) is 34.6 Å². The number of halogens is 3. The Kier molecular flexibility index (Phi) is 4.82. The van der Waals surface area contributed by atoms with Crippen LogP contribution in [0.15, 0.2) is 65.3 Å². The van der Waals surface area contributed by atoms with Crippen LogP contribution in [-0.4, -0.2) is 21.0 Å². The van der Waals surface area contributed by atoms with Crippen LogP contribution in [0, 0.1) is 0 Å². The molecule has 0 fully saturated rings. The van der Waals surface area contributed by atoms with Crippen LogP contribution in [0.4, 0.5) is 0 Å². The van der Waals surface area contributed by atoms with Crippen molar-refractivity contribution in [3.05, 3.63) is 98.5 Å². The van der Waals surface area contributed by atoms with Gasteiger partial charge in [0.1, 0.15) is 11.5 Å². The van der Waals surface area contributed by atoms with E-state index in [0.717, 1.165) is 16.7 Å². The minimum absolute atomic E-state index is 0.162. The van der Waals surface area contributed by atoms with Crippen LogP contribution >= 0.6 is 34.8 Å². The van der Waals surface area contributed by atoms with Gasteiger partial charge in [-0.1, -0.05) is 53.0 Å². The quantitative estimate of drug-likeness (QED) is 0.386. The molecule has 8 heteroatoms. The Balaban J connectivity index is 1.67. The second kappa shape index (κ2) is 7.51. The van der Waals surface area contributed by atoms with E-state index in [2.05, 4.69) is 10.2 Å². The van der Waals surface area contributed by atoms with Crippen LogP contribution < -0.4 is 0 Å². The van der Waals surface area contributed by atoms with Gasteiger partial charge in [-0.2, -0.15) is 5.10 Å². The number of nitrogens with one attached hydrogen (secondary N) is 1. The lowest BCUT2D eigenvalue weighted by molar-refractivity contribution is 0.0717. The van der Waals surface area contributed by atoms with Gasteiger partial charge in [0.15, 0.2) is 0 Å². The maximum Gasteiger partial charge on any atom is 0.273 e. The lowest BCUT2D eigenvalue weighted by atomic mass is 9.96. The average molecular weight is 459 g/mol. The van der Waals surface area contributed by atoms with E-state index in [-0.39, 0.29) is 5.91 Å². The average Bonchev–Trinajstić information content (AvgIpc) is 3.45. The number of aromatic nitrogens is 2. The summed E-state index contributed by atoms with van der Waals surface area (Å²) in [6, 6.07) is 16.0. The van der Waals surface area contributed by atoms with Crippen molar-refractivity contribution in [3.8, 4) is 11.3 Å². The molecule has 2 aromatic heterocycles. The molecule has 1 unspecified atom stereocenters. The zero-order valence-corrected chi connectivity index (χ0v) is 17.7. The van der Waals surface area contributed by atoms with Crippen LogP contribution in [0.2, 0.25) is 15.1 Å². The predicted molar refractivity (Wildman–Crippen MR) is 116 cm³/mol. The van der Waals surface area contributed by atoms with Crippen molar-refractivity contribution in [1.82, 2.24) is 15.1 Å². The number of carbonyl (C=O) groups excluding carboxylic acids is 1. The van der Waals surface area contributed by atoms with E-state index in [1.165, 1.54) is 0 Å². The molecule has 0 saturated carbocycles. The van der Waals surface area contributed by atoms with Gasteiger partial charge in [0.25, 0.3) is 5.91 Å². The molecule has 3 heterocycles. The second-order valence-corrected chi connectivity index (χ2v) is 8.21. The second-order valence-electron chi connectivity index (χ2n) is 6.96. The molecule has 2 aromatic carbocycles. The van der Waals surface area contributed by atoms with Crippen molar-refractivity contribution in [2.24, 2.45) is 0 Å². The number of nitrogens with zero attached hydrogens (tertiary/aromatic N) is 2. The molecule has 1 aliphatic rings. The molecule has 1 amide bonds. The first-order valence-electron chi connectivity index (χ1n) is 9.15. The minimum atomic E-state index is -0.406. The highest BCUT2D eigenvalue weighted by molar-refractivity contribution is 6.42.